The third kappa shape index (κ3) is 4.15. The van der Waals surface area contributed by atoms with Crippen molar-refractivity contribution in [3.05, 3.63) is 24.3 Å². The van der Waals surface area contributed by atoms with Gasteiger partial charge < -0.3 is 9.88 Å². The Kier molecular flexibility index (Phi) is 5.77. The first-order chi connectivity index (χ1) is 12.5. The average molecular weight is 400 g/mol. The van der Waals surface area contributed by atoms with Crippen molar-refractivity contribution in [1.29, 1.82) is 0 Å². The van der Waals surface area contributed by atoms with Crippen LogP contribution in [0.2, 0.25) is 0 Å². The standard InChI is InChI=1S/C15H14F2N4O3S2/c16-13(17)26-14-19-9-3-1-2-4-10(9)21(14)7-11(22)18-5-6-20-12(23)8-25-15(20)24/h1-4,13H,5-8H2,(H,18,22). The van der Waals surface area contributed by atoms with Gasteiger partial charge in [-0.1, -0.05) is 23.9 Å². The Labute approximate surface area is 155 Å². The van der Waals surface area contributed by atoms with Crippen molar-refractivity contribution < 1.29 is 23.2 Å². The summed E-state index contributed by atoms with van der Waals surface area (Å²) in [5, 5.41) is 2.31. The van der Waals surface area contributed by atoms with Gasteiger partial charge in [-0.3, -0.25) is 19.3 Å². The summed E-state index contributed by atoms with van der Waals surface area (Å²) in [7, 11) is 0. The van der Waals surface area contributed by atoms with E-state index >= 15 is 0 Å². The van der Waals surface area contributed by atoms with Crippen LogP contribution in [0.25, 0.3) is 11.0 Å². The number of benzene rings is 1. The second-order valence-electron chi connectivity index (χ2n) is 5.30. The first-order valence-corrected chi connectivity index (χ1v) is 9.46. The second-order valence-corrected chi connectivity index (χ2v) is 7.18. The quantitative estimate of drug-likeness (QED) is 0.717. The zero-order valence-electron chi connectivity index (χ0n) is 13.4. The van der Waals surface area contributed by atoms with Crippen LogP contribution in [0, 0.1) is 0 Å². The molecule has 1 fully saturated rings. The molecule has 1 aromatic carbocycles. The lowest BCUT2D eigenvalue weighted by atomic mass is 10.3. The molecule has 0 spiro atoms. The van der Waals surface area contributed by atoms with Gasteiger partial charge in [0.25, 0.3) is 11.0 Å². The normalized spacial score (nSPS) is 14.7. The van der Waals surface area contributed by atoms with E-state index in [-0.39, 0.29) is 53.5 Å². The minimum atomic E-state index is -2.65. The first-order valence-electron chi connectivity index (χ1n) is 7.59. The molecule has 0 aliphatic carbocycles. The Bertz CT molecular complexity index is 843. The van der Waals surface area contributed by atoms with Gasteiger partial charge in [0.05, 0.1) is 16.8 Å². The Morgan fingerprint density at radius 2 is 2.12 bits per heavy atom. The minimum Gasteiger partial charge on any atom is -0.353 e. The van der Waals surface area contributed by atoms with E-state index in [0.717, 1.165) is 16.7 Å². The molecule has 11 heteroatoms. The molecule has 1 aromatic heterocycles. The average Bonchev–Trinajstić information content (AvgIpc) is 3.09. The molecule has 3 amide bonds. The van der Waals surface area contributed by atoms with Crippen LogP contribution in [-0.2, 0) is 16.1 Å². The Morgan fingerprint density at radius 1 is 1.35 bits per heavy atom. The van der Waals surface area contributed by atoms with Gasteiger partial charge in [-0.2, -0.15) is 8.78 Å². The van der Waals surface area contributed by atoms with Gasteiger partial charge in [0.1, 0.15) is 6.54 Å². The summed E-state index contributed by atoms with van der Waals surface area (Å²) in [5.41, 5.74) is 1.10. The van der Waals surface area contributed by atoms with E-state index in [9.17, 15) is 23.2 Å². The number of imide groups is 1. The van der Waals surface area contributed by atoms with Gasteiger partial charge in [0.2, 0.25) is 11.8 Å². The number of aromatic nitrogens is 2. The maximum absolute atomic E-state index is 12.8. The molecule has 1 saturated heterocycles. The largest absolute Gasteiger partial charge is 0.353 e. The van der Waals surface area contributed by atoms with Gasteiger partial charge in [0.15, 0.2) is 5.16 Å². The highest BCUT2D eigenvalue weighted by atomic mass is 32.2. The van der Waals surface area contributed by atoms with Crippen LogP contribution in [0.3, 0.4) is 0 Å². The van der Waals surface area contributed by atoms with Crippen molar-refractivity contribution in [3.63, 3.8) is 0 Å². The van der Waals surface area contributed by atoms with Crippen LogP contribution in [-0.4, -0.2) is 56.1 Å². The number of halogens is 2. The van der Waals surface area contributed by atoms with Crippen molar-refractivity contribution >= 4 is 51.6 Å². The summed E-state index contributed by atoms with van der Waals surface area (Å²) < 4.78 is 26.9. The van der Waals surface area contributed by atoms with E-state index in [1.165, 1.54) is 4.57 Å². The number of imidazole rings is 1. The fourth-order valence-corrected chi connectivity index (χ4v) is 3.83. The molecule has 1 N–H and O–H groups in total. The van der Waals surface area contributed by atoms with Gasteiger partial charge >= 0.3 is 0 Å². The van der Waals surface area contributed by atoms with Crippen LogP contribution < -0.4 is 5.32 Å². The Morgan fingerprint density at radius 3 is 2.81 bits per heavy atom. The first kappa shape index (κ1) is 18.6. The van der Waals surface area contributed by atoms with Crippen LogP contribution in [0.15, 0.2) is 29.4 Å². The number of rotatable bonds is 7. The fourth-order valence-electron chi connectivity index (χ4n) is 2.48. The van der Waals surface area contributed by atoms with Crippen molar-refractivity contribution in [1.82, 2.24) is 19.8 Å². The molecule has 0 radical (unpaired) electrons. The molecule has 138 valence electrons. The topological polar surface area (TPSA) is 84.3 Å². The highest BCUT2D eigenvalue weighted by Gasteiger charge is 2.29. The zero-order valence-corrected chi connectivity index (χ0v) is 15.0. The number of hydrogen-bond acceptors (Lipinski definition) is 6. The number of alkyl halides is 2. The summed E-state index contributed by atoms with van der Waals surface area (Å²) in [6.45, 7) is -0.00718. The zero-order chi connectivity index (χ0) is 18.7. The Balaban J connectivity index is 1.65. The van der Waals surface area contributed by atoms with Crippen LogP contribution in [0.1, 0.15) is 0 Å². The van der Waals surface area contributed by atoms with E-state index in [0.29, 0.717) is 11.0 Å². The smallest absolute Gasteiger partial charge is 0.291 e. The molecule has 0 atom stereocenters. The van der Waals surface area contributed by atoms with Crippen molar-refractivity contribution in [2.75, 3.05) is 18.8 Å². The molecular weight excluding hydrogens is 386 g/mol. The summed E-state index contributed by atoms with van der Waals surface area (Å²) in [6, 6.07) is 6.85. The van der Waals surface area contributed by atoms with Crippen LogP contribution in [0.5, 0.6) is 0 Å². The van der Waals surface area contributed by atoms with E-state index in [1.807, 2.05) is 0 Å². The van der Waals surface area contributed by atoms with Crippen LogP contribution >= 0.6 is 23.5 Å². The monoisotopic (exact) mass is 400 g/mol. The molecule has 1 aliphatic heterocycles. The number of nitrogens with zero attached hydrogens (tertiary/aromatic N) is 3. The number of fused-ring (bicyclic) bond motifs is 1. The lowest BCUT2D eigenvalue weighted by Crippen LogP contribution is -2.38. The number of amides is 3. The van der Waals surface area contributed by atoms with Crippen molar-refractivity contribution in [2.24, 2.45) is 0 Å². The van der Waals surface area contributed by atoms with Crippen molar-refractivity contribution in [3.8, 4) is 0 Å². The SMILES string of the molecule is O=C(Cn1c(SC(F)F)nc2ccccc21)NCCN1C(=O)CSC1=O. The maximum Gasteiger partial charge on any atom is 0.291 e. The summed E-state index contributed by atoms with van der Waals surface area (Å²) in [5.74, 6) is -3.25. The highest BCUT2D eigenvalue weighted by molar-refractivity contribution is 8.14. The Hall–Kier alpha value is -2.14. The maximum atomic E-state index is 12.8. The predicted molar refractivity (Wildman–Crippen MR) is 94.2 cm³/mol. The lowest BCUT2D eigenvalue weighted by molar-refractivity contribution is -0.125. The van der Waals surface area contributed by atoms with E-state index in [2.05, 4.69) is 10.3 Å². The van der Waals surface area contributed by atoms with Gasteiger partial charge in [-0.15, -0.1) is 0 Å². The van der Waals surface area contributed by atoms with E-state index in [4.69, 9.17) is 0 Å². The number of thioether (sulfide) groups is 2. The molecule has 1 aliphatic rings. The molecule has 26 heavy (non-hydrogen) atoms. The van der Waals surface area contributed by atoms with Crippen molar-refractivity contribution in [2.45, 2.75) is 17.5 Å². The summed E-state index contributed by atoms with van der Waals surface area (Å²) in [4.78, 5) is 40.4. The number of hydrogen-bond donors (Lipinski definition) is 1. The fraction of sp³-hybridized carbons (Fsp3) is 0.333. The van der Waals surface area contributed by atoms with Gasteiger partial charge in [-0.05, 0) is 23.9 Å². The third-order valence-electron chi connectivity index (χ3n) is 3.61. The molecule has 0 saturated carbocycles. The molecule has 7 nitrogen and oxygen atoms in total. The summed E-state index contributed by atoms with van der Waals surface area (Å²) >= 11 is 1.20. The van der Waals surface area contributed by atoms with Gasteiger partial charge in [-0.25, -0.2) is 4.98 Å². The van der Waals surface area contributed by atoms with E-state index < -0.39 is 11.7 Å². The van der Waals surface area contributed by atoms with E-state index in [1.54, 1.807) is 24.3 Å². The molecule has 2 aromatic rings. The number of nitrogens with one attached hydrogen (secondary N) is 1. The summed E-state index contributed by atoms with van der Waals surface area (Å²) in [6.07, 6.45) is 0. The number of para-hydroxylation sites is 2. The predicted octanol–water partition coefficient (Wildman–Crippen LogP) is 2.16. The molecule has 2 heterocycles. The molecule has 3 rings (SSSR count). The third-order valence-corrected chi connectivity index (χ3v) is 5.17. The number of carbonyl (C=O) groups is 3. The molecule has 0 bridgehead atoms. The molecule has 0 unspecified atom stereocenters. The highest BCUT2D eigenvalue weighted by Crippen LogP contribution is 2.28. The molecular formula is C15H14F2N4O3S2. The van der Waals surface area contributed by atoms with Crippen LogP contribution in [0.4, 0.5) is 13.6 Å². The second kappa shape index (κ2) is 8.04. The lowest BCUT2D eigenvalue weighted by Gasteiger charge is -2.14. The minimum absolute atomic E-state index is 0.0534. The van der Waals surface area contributed by atoms with Gasteiger partial charge in [0, 0.05) is 13.1 Å². The number of carbonyl (C=O) groups excluding carboxylic acids is 3.